The Hall–Kier alpha value is -2.25. The molecular formula is C11H16N6O2. The number of carbonyl (C=O) groups is 1. The van der Waals surface area contributed by atoms with E-state index < -0.39 is 5.97 Å². The molecule has 2 unspecified atom stereocenters. The van der Waals surface area contributed by atoms with Gasteiger partial charge in [-0.1, -0.05) is 6.92 Å². The zero-order valence-electron chi connectivity index (χ0n) is 10.8. The minimum absolute atomic E-state index is 0.000364. The molecule has 102 valence electrons. The monoisotopic (exact) mass is 264 g/mol. The number of rotatable bonds is 6. The van der Waals surface area contributed by atoms with Crippen LogP contribution in [0.5, 0.6) is 0 Å². The number of tetrazole rings is 1. The van der Waals surface area contributed by atoms with Crippen LogP contribution in [-0.2, 0) is 4.79 Å². The van der Waals surface area contributed by atoms with Gasteiger partial charge in [0.2, 0.25) is 0 Å². The Kier molecular flexibility index (Phi) is 3.88. The standard InChI is InChI=1S/C11H16N6O2/c1-3-9(7-10(18)19)17-11(13-14-15-17)8(2)16-6-4-5-12-16/h4-6,8-9H,3,7H2,1-2H3,(H,18,19). The average Bonchev–Trinajstić information content (AvgIpc) is 3.05. The lowest BCUT2D eigenvalue weighted by Crippen LogP contribution is -2.21. The van der Waals surface area contributed by atoms with Crippen LogP contribution >= 0.6 is 0 Å². The van der Waals surface area contributed by atoms with Gasteiger partial charge in [-0.15, -0.1) is 5.10 Å². The lowest BCUT2D eigenvalue weighted by atomic mass is 10.1. The topological polar surface area (TPSA) is 98.7 Å². The number of hydrogen-bond acceptors (Lipinski definition) is 5. The first-order valence-electron chi connectivity index (χ1n) is 6.12. The molecule has 2 rings (SSSR count). The molecule has 2 atom stereocenters. The Bertz CT molecular complexity index is 535. The normalized spacial score (nSPS) is 14.2. The zero-order valence-corrected chi connectivity index (χ0v) is 10.8. The lowest BCUT2D eigenvalue weighted by molar-refractivity contribution is -0.138. The van der Waals surface area contributed by atoms with Crippen LogP contribution in [0.4, 0.5) is 0 Å². The van der Waals surface area contributed by atoms with Crippen LogP contribution in [0.2, 0.25) is 0 Å². The Balaban J connectivity index is 2.28. The van der Waals surface area contributed by atoms with Gasteiger partial charge >= 0.3 is 5.97 Å². The molecule has 0 aliphatic carbocycles. The third kappa shape index (κ3) is 2.78. The zero-order chi connectivity index (χ0) is 13.8. The van der Waals surface area contributed by atoms with Crippen LogP contribution in [0.15, 0.2) is 18.5 Å². The third-order valence-corrected chi connectivity index (χ3v) is 3.04. The van der Waals surface area contributed by atoms with E-state index in [1.165, 1.54) is 0 Å². The van der Waals surface area contributed by atoms with Crippen molar-refractivity contribution in [1.82, 2.24) is 30.0 Å². The van der Waals surface area contributed by atoms with Crippen molar-refractivity contribution in [3.05, 3.63) is 24.3 Å². The quantitative estimate of drug-likeness (QED) is 0.832. The fourth-order valence-corrected chi connectivity index (χ4v) is 1.97. The van der Waals surface area contributed by atoms with Crippen molar-refractivity contribution < 1.29 is 9.90 Å². The molecule has 19 heavy (non-hydrogen) atoms. The highest BCUT2D eigenvalue weighted by Crippen LogP contribution is 2.21. The second-order valence-electron chi connectivity index (χ2n) is 4.30. The van der Waals surface area contributed by atoms with Crippen molar-refractivity contribution in [2.24, 2.45) is 0 Å². The van der Waals surface area contributed by atoms with E-state index in [0.717, 1.165) is 0 Å². The van der Waals surface area contributed by atoms with E-state index in [1.807, 2.05) is 26.1 Å². The molecule has 2 heterocycles. The molecule has 2 aromatic heterocycles. The molecular weight excluding hydrogens is 248 g/mol. The number of aromatic nitrogens is 6. The molecule has 0 amide bonds. The molecule has 2 aromatic rings. The smallest absolute Gasteiger partial charge is 0.305 e. The van der Waals surface area contributed by atoms with E-state index in [-0.39, 0.29) is 18.5 Å². The Labute approximate surface area is 110 Å². The van der Waals surface area contributed by atoms with Gasteiger partial charge in [0.05, 0.1) is 12.5 Å². The van der Waals surface area contributed by atoms with E-state index in [4.69, 9.17) is 5.11 Å². The van der Waals surface area contributed by atoms with Crippen LogP contribution in [-0.4, -0.2) is 41.1 Å². The molecule has 0 saturated carbocycles. The summed E-state index contributed by atoms with van der Waals surface area (Å²) in [6, 6.07) is 1.42. The van der Waals surface area contributed by atoms with Crippen LogP contribution in [0.3, 0.4) is 0 Å². The molecule has 0 spiro atoms. The molecule has 0 aromatic carbocycles. The minimum Gasteiger partial charge on any atom is -0.481 e. The van der Waals surface area contributed by atoms with Gasteiger partial charge in [-0.05, 0) is 29.8 Å². The molecule has 0 aliphatic rings. The maximum Gasteiger partial charge on any atom is 0.305 e. The fraction of sp³-hybridized carbons (Fsp3) is 0.545. The van der Waals surface area contributed by atoms with Crippen LogP contribution < -0.4 is 0 Å². The highest BCUT2D eigenvalue weighted by atomic mass is 16.4. The summed E-state index contributed by atoms with van der Waals surface area (Å²) >= 11 is 0. The summed E-state index contributed by atoms with van der Waals surface area (Å²) in [7, 11) is 0. The van der Waals surface area contributed by atoms with Crippen molar-refractivity contribution in [3.63, 3.8) is 0 Å². The highest BCUT2D eigenvalue weighted by Gasteiger charge is 2.23. The molecule has 0 radical (unpaired) electrons. The van der Waals surface area contributed by atoms with Crippen molar-refractivity contribution >= 4 is 5.97 Å². The third-order valence-electron chi connectivity index (χ3n) is 3.04. The highest BCUT2D eigenvalue weighted by molar-refractivity contribution is 5.67. The molecule has 8 nitrogen and oxygen atoms in total. The van der Waals surface area contributed by atoms with Gasteiger partial charge in [0.1, 0.15) is 6.04 Å². The van der Waals surface area contributed by atoms with Gasteiger partial charge in [-0.3, -0.25) is 9.48 Å². The first-order valence-corrected chi connectivity index (χ1v) is 6.12. The summed E-state index contributed by atoms with van der Waals surface area (Å²) in [5.74, 6) is -0.253. The number of nitrogens with zero attached hydrogens (tertiary/aromatic N) is 6. The molecule has 0 aliphatic heterocycles. The first-order chi connectivity index (χ1) is 9.13. The average molecular weight is 264 g/mol. The van der Waals surface area contributed by atoms with E-state index in [9.17, 15) is 4.79 Å². The lowest BCUT2D eigenvalue weighted by Gasteiger charge is -2.17. The first kappa shape index (κ1) is 13.2. The van der Waals surface area contributed by atoms with Gasteiger partial charge in [0, 0.05) is 12.4 Å². The SMILES string of the molecule is CCC(CC(=O)O)n1nnnc1C(C)n1cccn1. The fourth-order valence-electron chi connectivity index (χ4n) is 1.97. The van der Waals surface area contributed by atoms with Gasteiger partial charge < -0.3 is 5.11 Å². The van der Waals surface area contributed by atoms with Crippen LogP contribution in [0.25, 0.3) is 0 Å². The second-order valence-corrected chi connectivity index (χ2v) is 4.30. The number of hydrogen-bond donors (Lipinski definition) is 1. The summed E-state index contributed by atoms with van der Waals surface area (Å²) in [6.07, 6.45) is 4.15. The van der Waals surface area contributed by atoms with E-state index in [1.54, 1.807) is 15.6 Å². The van der Waals surface area contributed by atoms with Gasteiger partial charge in [-0.25, -0.2) is 4.68 Å². The second kappa shape index (κ2) is 5.59. The Morgan fingerprint density at radius 1 is 1.53 bits per heavy atom. The summed E-state index contributed by atoms with van der Waals surface area (Å²) in [4.78, 5) is 10.9. The summed E-state index contributed by atoms with van der Waals surface area (Å²) in [5, 5.41) is 24.7. The predicted molar refractivity (Wildman–Crippen MR) is 65.4 cm³/mol. The Morgan fingerprint density at radius 2 is 2.32 bits per heavy atom. The van der Waals surface area contributed by atoms with Gasteiger partial charge in [-0.2, -0.15) is 5.10 Å². The molecule has 8 heteroatoms. The number of carboxylic acids is 1. The Morgan fingerprint density at radius 3 is 2.89 bits per heavy atom. The van der Waals surface area contributed by atoms with E-state index >= 15 is 0 Å². The number of carboxylic acid groups (broad SMARTS) is 1. The van der Waals surface area contributed by atoms with Gasteiger partial charge in [0.25, 0.3) is 0 Å². The van der Waals surface area contributed by atoms with Crippen molar-refractivity contribution in [2.45, 2.75) is 38.8 Å². The van der Waals surface area contributed by atoms with Crippen LogP contribution in [0, 0.1) is 0 Å². The van der Waals surface area contributed by atoms with E-state index in [0.29, 0.717) is 12.2 Å². The summed E-state index contributed by atoms with van der Waals surface area (Å²) < 4.78 is 3.32. The van der Waals surface area contributed by atoms with Crippen molar-refractivity contribution in [3.8, 4) is 0 Å². The predicted octanol–water partition coefficient (Wildman–Crippen LogP) is 0.905. The molecule has 1 N–H and O–H groups in total. The van der Waals surface area contributed by atoms with E-state index in [2.05, 4.69) is 20.6 Å². The summed E-state index contributed by atoms with van der Waals surface area (Å²) in [5.41, 5.74) is 0. The molecule has 0 fully saturated rings. The largest absolute Gasteiger partial charge is 0.481 e. The maximum atomic E-state index is 10.9. The molecule has 0 saturated heterocycles. The van der Waals surface area contributed by atoms with Crippen molar-refractivity contribution in [1.29, 1.82) is 0 Å². The maximum absolute atomic E-state index is 10.9. The summed E-state index contributed by atoms with van der Waals surface area (Å²) in [6.45, 7) is 3.83. The van der Waals surface area contributed by atoms with Gasteiger partial charge in [0.15, 0.2) is 5.82 Å². The minimum atomic E-state index is -0.861. The van der Waals surface area contributed by atoms with Crippen molar-refractivity contribution in [2.75, 3.05) is 0 Å². The number of aliphatic carboxylic acids is 1. The molecule has 0 bridgehead atoms. The van der Waals surface area contributed by atoms with Crippen LogP contribution in [0.1, 0.15) is 44.6 Å².